The van der Waals surface area contributed by atoms with Gasteiger partial charge < -0.3 is 34.8 Å². The number of hydrogen-bond donors (Lipinski definition) is 4. The number of aromatic nitrogens is 2. The molecule has 0 saturated carbocycles. The Hall–Kier alpha value is -6.81. The van der Waals surface area contributed by atoms with E-state index in [1.165, 1.54) is 29.0 Å². The summed E-state index contributed by atoms with van der Waals surface area (Å²) < 4.78 is 105. The number of amides is 1. The van der Waals surface area contributed by atoms with Crippen LogP contribution in [0.15, 0.2) is 125 Å². The van der Waals surface area contributed by atoms with E-state index in [9.17, 15) is 44.7 Å². The van der Waals surface area contributed by atoms with E-state index in [-0.39, 0.29) is 34.9 Å². The Labute approximate surface area is 457 Å². The van der Waals surface area contributed by atoms with Crippen LogP contribution in [-0.4, -0.2) is 120 Å². The monoisotopic (exact) mass is 1130 g/mol. The number of ether oxygens (including phenoxy) is 1. The first-order valence-electron chi connectivity index (χ1n) is 25.8. The molecule has 2 saturated heterocycles. The number of sulfone groups is 1. The molecule has 1 aliphatic carbocycles. The fourth-order valence-corrected chi connectivity index (χ4v) is 12.5. The first kappa shape index (κ1) is 55.9. The third kappa shape index (κ3) is 12.9. The number of fused-ring (bicyclic) bond motifs is 1. The van der Waals surface area contributed by atoms with Gasteiger partial charge >= 0.3 is 11.5 Å². The molecule has 0 atom stereocenters. The number of rotatable bonds is 18. The van der Waals surface area contributed by atoms with Gasteiger partial charge in [0.1, 0.15) is 22.0 Å². The molecule has 0 bridgehead atoms. The zero-order valence-corrected chi connectivity index (χ0v) is 45.8. The minimum absolute atomic E-state index is 0.00795. The average molecular weight is 1130 g/mol. The highest BCUT2D eigenvalue weighted by Gasteiger charge is 2.48. The van der Waals surface area contributed by atoms with E-state index in [2.05, 4.69) is 56.0 Å². The molecule has 2 aliphatic heterocycles. The maximum atomic E-state index is 14.2. The Morgan fingerprint density at radius 2 is 1.58 bits per heavy atom. The van der Waals surface area contributed by atoms with Crippen LogP contribution in [0.1, 0.15) is 68.3 Å². The van der Waals surface area contributed by atoms with Gasteiger partial charge in [0.25, 0.3) is 25.8 Å². The van der Waals surface area contributed by atoms with Crippen molar-refractivity contribution in [2.75, 3.05) is 86.0 Å². The van der Waals surface area contributed by atoms with Crippen LogP contribution in [0.4, 0.5) is 35.9 Å². The van der Waals surface area contributed by atoms with Gasteiger partial charge in [0, 0.05) is 106 Å². The smallest absolute Gasteiger partial charge is 0.481 e. The van der Waals surface area contributed by atoms with Crippen molar-refractivity contribution in [2.45, 2.75) is 67.7 Å². The second-order valence-electron chi connectivity index (χ2n) is 20.9. The standard InChI is InChI=1S/C56H62ClF3N8O8S2/c1-55(2)21-17-40(48(34-55)37-5-7-41(57)8-6-37)36-66-27-29-68(30-28-66)44-13-15-47(50(32-44)76-45-31-39-18-23-62-52(39)63-35-45)53(69)64-78(74,75)46-14-16-49(51(33-46)77(72,73)56(58,59)60)61-22-4-24-65(3)42-9-11-43(12-10-42)67-25-19-38(20-26-67)54(70)71/h5-16,18,23,31-33,35,38,61H,4,17,19-22,24-30,34,36H2,1-3H3,(H,62,63)(H,64,69)(H,70,71). The van der Waals surface area contributed by atoms with Gasteiger partial charge in [0.05, 0.1) is 28.3 Å². The Morgan fingerprint density at radius 1 is 0.885 bits per heavy atom. The fraction of sp³-hybridized carbons (Fsp3) is 0.375. The second kappa shape index (κ2) is 22.9. The number of carbonyl (C=O) groups is 2. The number of carboxylic acids is 1. The average Bonchev–Trinajstić information content (AvgIpc) is 3.92. The largest absolute Gasteiger partial charge is 0.501 e. The number of nitrogens with one attached hydrogen (secondary N) is 3. The number of alkyl halides is 3. The van der Waals surface area contributed by atoms with Crippen LogP contribution in [0.3, 0.4) is 0 Å². The summed E-state index contributed by atoms with van der Waals surface area (Å²) in [6.07, 6.45) is 7.61. The van der Waals surface area contributed by atoms with Crippen LogP contribution in [0.25, 0.3) is 16.6 Å². The van der Waals surface area contributed by atoms with E-state index in [0.29, 0.717) is 79.8 Å². The van der Waals surface area contributed by atoms with Crippen molar-refractivity contribution in [1.82, 2.24) is 19.6 Å². The molecule has 2 fully saturated rings. The summed E-state index contributed by atoms with van der Waals surface area (Å²) >= 11 is 6.25. The molecule has 0 spiro atoms. The van der Waals surface area contributed by atoms with Gasteiger partial charge in [-0.15, -0.1) is 0 Å². The number of benzene rings is 4. The molecule has 4 heterocycles. The zero-order valence-electron chi connectivity index (χ0n) is 43.4. The summed E-state index contributed by atoms with van der Waals surface area (Å²) in [5.41, 5.74) is 0.694. The van der Waals surface area contributed by atoms with E-state index in [0.717, 1.165) is 62.4 Å². The predicted octanol–water partition coefficient (Wildman–Crippen LogP) is 10.4. The highest BCUT2D eigenvalue weighted by molar-refractivity contribution is 7.92. The van der Waals surface area contributed by atoms with E-state index >= 15 is 0 Å². The van der Waals surface area contributed by atoms with Crippen LogP contribution in [0.5, 0.6) is 11.5 Å². The lowest BCUT2D eigenvalue weighted by Gasteiger charge is -2.39. The van der Waals surface area contributed by atoms with Crippen molar-refractivity contribution in [3.63, 3.8) is 0 Å². The van der Waals surface area contributed by atoms with Crippen LogP contribution in [0.2, 0.25) is 5.02 Å². The SMILES string of the molecule is CN(CCCNc1ccc(S(=O)(=O)NC(=O)c2ccc(N3CCN(CC4=C(c5ccc(Cl)cc5)CC(C)(C)CC4)CC3)cc2Oc2cnc3[nH]ccc3c2)cc1S(=O)(=O)C(F)(F)F)c1ccc(N2CCC(C(=O)O)CC2)cc1. The Morgan fingerprint density at radius 3 is 2.27 bits per heavy atom. The molecule has 6 aromatic rings. The Kier molecular flexibility index (Phi) is 16.4. The normalized spacial score (nSPS) is 16.8. The van der Waals surface area contributed by atoms with Crippen molar-refractivity contribution in [2.24, 2.45) is 11.3 Å². The van der Waals surface area contributed by atoms with Gasteiger partial charge in [-0.05, 0) is 134 Å². The van der Waals surface area contributed by atoms with Crippen molar-refractivity contribution >= 4 is 82.7 Å². The number of anilines is 4. The molecule has 2 aromatic heterocycles. The number of aliphatic carboxylic acids is 1. The molecule has 78 heavy (non-hydrogen) atoms. The van der Waals surface area contributed by atoms with E-state index in [1.807, 2.05) is 53.1 Å². The molecule has 22 heteroatoms. The minimum atomic E-state index is -6.11. The van der Waals surface area contributed by atoms with Crippen molar-refractivity contribution in [1.29, 1.82) is 0 Å². The predicted molar refractivity (Wildman–Crippen MR) is 297 cm³/mol. The maximum absolute atomic E-state index is 14.2. The lowest BCUT2D eigenvalue weighted by Crippen LogP contribution is -2.47. The fourth-order valence-electron chi connectivity index (χ4n) is 10.3. The van der Waals surface area contributed by atoms with Crippen LogP contribution >= 0.6 is 11.6 Å². The van der Waals surface area contributed by atoms with E-state index in [4.69, 9.17) is 16.3 Å². The summed E-state index contributed by atoms with van der Waals surface area (Å²) in [5.74, 6) is -2.12. The summed E-state index contributed by atoms with van der Waals surface area (Å²) in [6.45, 7) is 9.80. The second-order valence-corrected chi connectivity index (χ2v) is 25.0. The molecule has 0 radical (unpaired) electrons. The number of piperazine rings is 1. The summed E-state index contributed by atoms with van der Waals surface area (Å²) in [6, 6.07) is 26.1. The number of piperidine rings is 1. The third-order valence-electron chi connectivity index (χ3n) is 14.9. The van der Waals surface area contributed by atoms with Gasteiger partial charge in [0.2, 0.25) is 0 Å². The molecule has 0 unspecified atom stereocenters. The van der Waals surface area contributed by atoms with Crippen molar-refractivity contribution < 1.29 is 49.4 Å². The van der Waals surface area contributed by atoms with Crippen molar-refractivity contribution in [3.8, 4) is 11.5 Å². The number of sulfonamides is 1. The minimum Gasteiger partial charge on any atom is -0.481 e. The van der Waals surface area contributed by atoms with Crippen LogP contribution in [0, 0.1) is 11.3 Å². The molecule has 414 valence electrons. The van der Waals surface area contributed by atoms with Gasteiger partial charge in [-0.2, -0.15) is 13.2 Å². The van der Waals surface area contributed by atoms with Gasteiger partial charge in [-0.1, -0.05) is 43.2 Å². The number of hydrogen-bond acceptors (Lipinski definition) is 13. The van der Waals surface area contributed by atoms with Gasteiger partial charge in [-0.25, -0.2) is 26.5 Å². The number of nitrogens with zero attached hydrogens (tertiary/aromatic N) is 5. The molecule has 9 rings (SSSR count). The number of halogens is 4. The lowest BCUT2D eigenvalue weighted by atomic mass is 9.72. The quantitative estimate of drug-likeness (QED) is 0.0593. The zero-order chi connectivity index (χ0) is 55.6. The summed E-state index contributed by atoms with van der Waals surface area (Å²) in [5, 5.41) is 13.5. The molecule has 4 N–H and O–H groups in total. The lowest BCUT2D eigenvalue weighted by molar-refractivity contribution is -0.142. The van der Waals surface area contributed by atoms with Gasteiger partial charge in [0.15, 0.2) is 0 Å². The van der Waals surface area contributed by atoms with Crippen LogP contribution in [-0.2, 0) is 24.7 Å². The highest BCUT2D eigenvalue weighted by Crippen LogP contribution is 2.44. The number of pyridine rings is 1. The first-order chi connectivity index (χ1) is 37.0. The number of allylic oxidation sites excluding steroid dienone is 1. The maximum Gasteiger partial charge on any atom is 0.501 e. The summed E-state index contributed by atoms with van der Waals surface area (Å²) in [4.78, 5) is 39.2. The number of carboxylic acid groups (broad SMARTS) is 1. The number of H-pyrrole nitrogens is 1. The summed E-state index contributed by atoms with van der Waals surface area (Å²) in [7, 11) is -9.31. The van der Waals surface area contributed by atoms with Crippen LogP contribution < -0.4 is 29.5 Å². The molecule has 1 amide bonds. The molecular formula is C56H62ClF3N8O8S2. The Bertz CT molecular complexity index is 3430. The van der Waals surface area contributed by atoms with E-state index in [1.54, 1.807) is 30.5 Å². The topological polar surface area (TPSA) is 198 Å². The molecular weight excluding hydrogens is 1070 g/mol. The van der Waals surface area contributed by atoms with Gasteiger partial charge in [-0.3, -0.25) is 14.5 Å². The number of carbonyl (C=O) groups excluding carboxylic acids is 1. The molecule has 4 aromatic carbocycles. The Balaban J connectivity index is 0.889. The van der Waals surface area contributed by atoms with Crippen molar-refractivity contribution in [3.05, 3.63) is 131 Å². The third-order valence-corrected chi connectivity index (χ3v) is 18.0. The molecule has 16 nitrogen and oxygen atoms in total. The number of aromatic amines is 1. The first-order valence-corrected chi connectivity index (χ1v) is 29.1. The van der Waals surface area contributed by atoms with E-state index < -0.39 is 52.7 Å². The molecule has 3 aliphatic rings. The highest BCUT2D eigenvalue weighted by atomic mass is 35.5.